The fourth-order valence-electron chi connectivity index (χ4n) is 1.55. The van der Waals surface area contributed by atoms with E-state index in [9.17, 15) is 9.59 Å². The summed E-state index contributed by atoms with van der Waals surface area (Å²) in [4.78, 5) is 26.3. The van der Waals surface area contributed by atoms with Gasteiger partial charge >= 0.3 is 0 Å². The first-order chi connectivity index (χ1) is 9.85. The zero-order chi connectivity index (χ0) is 16.0. The Morgan fingerprint density at radius 3 is 2.52 bits per heavy atom. The van der Waals surface area contributed by atoms with Gasteiger partial charge in [-0.1, -0.05) is 15.9 Å². The lowest BCUT2D eigenvalue weighted by atomic mass is 10.2. The van der Waals surface area contributed by atoms with Crippen LogP contribution in [0, 0.1) is 0 Å². The summed E-state index contributed by atoms with van der Waals surface area (Å²) in [7, 11) is 6.47. The second-order valence-electron chi connectivity index (χ2n) is 4.70. The van der Waals surface area contributed by atoms with Crippen LogP contribution in [0.4, 0.5) is 0 Å². The summed E-state index contributed by atoms with van der Waals surface area (Å²) in [6, 6.07) is 5.53. The molecule has 0 saturated carbocycles. The topological polar surface area (TPSA) is 49.9 Å². The molecule has 114 valence electrons. The van der Waals surface area contributed by atoms with Crippen LogP contribution in [-0.2, 0) is 9.59 Å². The number of rotatable bonds is 5. The van der Waals surface area contributed by atoms with Crippen molar-refractivity contribution in [1.29, 1.82) is 0 Å². The predicted octanol–water partition coefficient (Wildman–Crippen LogP) is 2.02. The molecule has 0 aliphatic carbocycles. The van der Waals surface area contributed by atoms with Crippen LogP contribution in [0.15, 0.2) is 28.7 Å². The molecule has 2 amide bonds. The first-order valence-electron chi connectivity index (χ1n) is 6.32. The fraction of sp³-hybridized carbons (Fsp3) is 0.333. The zero-order valence-electron chi connectivity index (χ0n) is 12.6. The summed E-state index contributed by atoms with van der Waals surface area (Å²) in [6.45, 7) is 0.0474. The molecule has 0 heterocycles. The van der Waals surface area contributed by atoms with Crippen LogP contribution in [0.5, 0.6) is 5.75 Å². The SMILES string of the molecule is COc1ccc(Br)cc1/C=C/C(=O)N(C)CC(=O)N(C)C. The van der Waals surface area contributed by atoms with Gasteiger partial charge in [0, 0.05) is 37.3 Å². The first kappa shape index (κ1) is 17.2. The lowest BCUT2D eigenvalue weighted by molar-refractivity contribution is -0.135. The molecule has 1 rings (SSSR count). The van der Waals surface area contributed by atoms with Gasteiger partial charge in [0.05, 0.1) is 13.7 Å². The van der Waals surface area contributed by atoms with Gasteiger partial charge in [0.15, 0.2) is 0 Å². The van der Waals surface area contributed by atoms with Gasteiger partial charge in [0.25, 0.3) is 0 Å². The number of carbonyl (C=O) groups excluding carboxylic acids is 2. The van der Waals surface area contributed by atoms with Crippen molar-refractivity contribution >= 4 is 33.8 Å². The van der Waals surface area contributed by atoms with Gasteiger partial charge in [-0.2, -0.15) is 0 Å². The molecule has 0 atom stereocenters. The van der Waals surface area contributed by atoms with Crippen molar-refractivity contribution in [3.05, 3.63) is 34.3 Å². The Balaban J connectivity index is 2.78. The molecule has 5 nitrogen and oxygen atoms in total. The maximum atomic E-state index is 12.0. The number of hydrogen-bond donors (Lipinski definition) is 0. The summed E-state index contributed by atoms with van der Waals surface area (Å²) in [6.07, 6.45) is 3.09. The van der Waals surface area contributed by atoms with Crippen LogP contribution < -0.4 is 4.74 Å². The third-order valence-electron chi connectivity index (χ3n) is 2.84. The van der Waals surface area contributed by atoms with E-state index < -0.39 is 0 Å². The number of hydrogen-bond acceptors (Lipinski definition) is 3. The number of likely N-dealkylation sites (N-methyl/N-ethyl adjacent to an activating group) is 2. The highest BCUT2D eigenvalue weighted by molar-refractivity contribution is 9.10. The largest absolute Gasteiger partial charge is 0.496 e. The molecular weight excluding hydrogens is 336 g/mol. The lowest BCUT2D eigenvalue weighted by Crippen LogP contribution is -2.36. The zero-order valence-corrected chi connectivity index (χ0v) is 14.2. The van der Waals surface area contributed by atoms with Gasteiger partial charge in [-0.15, -0.1) is 0 Å². The Labute approximate surface area is 133 Å². The minimum absolute atomic E-state index is 0.0474. The van der Waals surface area contributed by atoms with Gasteiger partial charge in [-0.3, -0.25) is 9.59 Å². The Hall–Kier alpha value is -1.82. The smallest absolute Gasteiger partial charge is 0.246 e. The van der Waals surface area contributed by atoms with Crippen LogP contribution in [0.2, 0.25) is 0 Å². The number of benzene rings is 1. The number of amides is 2. The van der Waals surface area contributed by atoms with E-state index >= 15 is 0 Å². The van der Waals surface area contributed by atoms with Crippen molar-refractivity contribution in [2.24, 2.45) is 0 Å². The third-order valence-corrected chi connectivity index (χ3v) is 3.34. The van der Waals surface area contributed by atoms with E-state index in [1.54, 1.807) is 34.3 Å². The Morgan fingerprint density at radius 2 is 1.95 bits per heavy atom. The van der Waals surface area contributed by atoms with Crippen LogP contribution >= 0.6 is 15.9 Å². The van der Waals surface area contributed by atoms with Crippen molar-refractivity contribution in [3.63, 3.8) is 0 Å². The minimum Gasteiger partial charge on any atom is -0.496 e. The molecule has 21 heavy (non-hydrogen) atoms. The van der Waals surface area contributed by atoms with Crippen molar-refractivity contribution in [1.82, 2.24) is 9.80 Å². The van der Waals surface area contributed by atoms with E-state index in [4.69, 9.17) is 4.74 Å². The molecule has 0 bridgehead atoms. The normalized spacial score (nSPS) is 10.5. The second-order valence-corrected chi connectivity index (χ2v) is 5.62. The van der Waals surface area contributed by atoms with Crippen LogP contribution in [0.3, 0.4) is 0 Å². The van der Waals surface area contributed by atoms with Crippen molar-refractivity contribution < 1.29 is 14.3 Å². The van der Waals surface area contributed by atoms with Gasteiger partial charge in [0.1, 0.15) is 5.75 Å². The molecular formula is C15H19BrN2O3. The van der Waals surface area contributed by atoms with Gasteiger partial charge in [0.2, 0.25) is 11.8 Å². The van der Waals surface area contributed by atoms with Crippen molar-refractivity contribution in [3.8, 4) is 5.75 Å². The molecule has 1 aromatic carbocycles. The molecule has 0 aromatic heterocycles. The molecule has 0 saturated heterocycles. The van der Waals surface area contributed by atoms with E-state index in [0.717, 1.165) is 10.0 Å². The van der Waals surface area contributed by atoms with Gasteiger partial charge in [-0.25, -0.2) is 0 Å². The van der Waals surface area contributed by atoms with Crippen LogP contribution in [-0.4, -0.2) is 56.4 Å². The molecule has 1 aromatic rings. The van der Waals surface area contributed by atoms with Crippen molar-refractivity contribution in [2.75, 3.05) is 34.8 Å². The highest BCUT2D eigenvalue weighted by Crippen LogP contribution is 2.24. The Morgan fingerprint density at radius 1 is 1.29 bits per heavy atom. The maximum Gasteiger partial charge on any atom is 0.246 e. The number of carbonyl (C=O) groups is 2. The predicted molar refractivity (Wildman–Crippen MR) is 86.1 cm³/mol. The molecule has 0 radical (unpaired) electrons. The highest BCUT2D eigenvalue weighted by Gasteiger charge is 2.12. The molecule has 0 fully saturated rings. The number of methoxy groups -OCH3 is 1. The van der Waals surface area contributed by atoms with Gasteiger partial charge < -0.3 is 14.5 Å². The van der Waals surface area contributed by atoms with Gasteiger partial charge in [-0.05, 0) is 24.3 Å². The lowest BCUT2D eigenvalue weighted by Gasteiger charge is -2.17. The summed E-state index contributed by atoms with van der Waals surface area (Å²) in [5.74, 6) is 0.306. The maximum absolute atomic E-state index is 12.0. The Bertz CT molecular complexity index is 556. The van der Waals surface area contributed by atoms with Crippen LogP contribution in [0.25, 0.3) is 6.08 Å². The fourth-order valence-corrected chi connectivity index (χ4v) is 1.92. The van der Waals surface area contributed by atoms with Crippen molar-refractivity contribution in [2.45, 2.75) is 0 Å². The molecule has 0 unspecified atom stereocenters. The average molecular weight is 355 g/mol. The first-order valence-corrected chi connectivity index (χ1v) is 7.11. The summed E-state index contributed by atoms with van der Waals surface area (Å²) in [5.41, 5.74) is 0.785. The number of nitrogens with zero attached hydrogens (tertiary/aromatic N) is 2. The minimum atomic E-state index is -0.243. The van der Waals surface area contributed by atoms with E-state index in [2.05, 4.69) is 15.9 Å². The third kappa shape index (κ3) is 5.23. The number of halogens is 1. The Kier molecular flexibility index (Phi) is 6.42. The molecule has 0 spiro atoms. The summed E-state index contributed by atoms with van der Waals surface area (Å²) >= 11 is 3.38. The van der Waals surface area contributed by atoms with E-state index in [1.807, 2.05) is 18.2 Å². The molecule has 0 N–H and O–H groups in total. The van der Waals surface area contributed by atoms with Crippen LogP contribution in [0.1, 0.15) is 5.56 Å². The van der Waals surface area contributed by atoms with E-state index in [-0.39, 0.29) is 18.4 Å². The molecule has 0 aliphatic rings. The number of ether oxygens (including phenoxy) is 1. The highest BCUT2D eigenvalue weighted by atomic mass is 79.9. The summed E-state index contributed by atoms with van der Waals surface area (Å²) in [5, 5.41) is 0. The summed E-state index contributed by atoms with van der Waals surface area (Å²) < 4.78 is 6.13. The molecule has 0 aliphatic heterocycles. The standard InChI is InChI=1S/C15H19BrN2O3/c1-17(2)15(20)10-18(3)14(19)8-5-11-9-12(16)6-7-13(11)21-4/h5-9H,10H2,1-4H3/b8-5+. The van der Waals surface area contributed by atoms with E-state index in [1.165, 1.54) is 15.9 Å². The van der Waals surface area contributed by atoms with E-state index in [0.29, 0.717) is 5.75 Å². The average Bonchev–Trinajstić information content (AvgIpc) is 2.44. The monoisotopic (exact) mass is 354 g/mol. The quantitative estimate of drug-likeness (QED) is 0.760. The molecule has 6 heteroatoms. The second kappa shape index (κ2) is 7.83.